The molecule has 1 heterocycles. The van der Waals surface area contributed by atoms with E-state index in [2.05, 4.69) is 16.0 Å². The van der Waals surface area contributed by atoms with Crippen molar-refractivity contribution in [1.82, 2.24) is 10.6 Å². The lowest BCUT2D eigenvalue weighted by atomic mass is 10.1. The summed E-state index contributed by atoms with van der Waals surface area (Å²) >= 11 is 0. The fourth-order valence-electron chi connectivity index (χ4n) is 2.26. The largest absolute Gasteiger partial charge is 0.472 e. The van der Waals surface area contributed by atoms with Crippen LogP contribution < -0.4 is 16.0 Å². The SMILES string of the molecule is CC(C)CC(=O)Nc1cccc(CNC(=O)CNC(=O)c2ccoc2)c1. The van der Waals surface area contributed by atoms with E-state index < -0.39 is 0 Å². The molecule has 26 heavy (non-hydrogen) atoms. The summed E-state index contributed by atoms with van der Waals surface area (Å²) in [4.78, 5) is 35.4. The van der Waals surface area contributed by atoms with Crippen molar-refractivity contribution in [2.75, 3.05) is 11.9 Å². The first kappa shape index (κ1) is 19.2. The Morgan fingerprint density at radius 3 is 2.58 bits per heavy atom. The number of hydrogen-bond acceptors (Lipinski definition) is 4. The predicted molar refractivity (Wildman–Crippen MR) is 97.4 cm³/mol. The topological polar surface area (TPSA) is 100 Å². The van der Waals surface area contributed by atoms with Gasteiger partial charge in [-0.25, -0.2) is 0 Å². The van der Waals surface area contributed by atoms with E-state index in [1.165, 1.54) is 18.6 Å². The number of furan rings is 1. The average Bonchev–Trinajstić information content (AvgIpc) is 3.12. The average molecular weight is 357 g/mol. The van der Waals surface area contributed by atoms with E-state index in [0.717, 1.165) is 5.56 Å². The molecule has 2 rings (SSSR count). The number of hydrogen-bond donors (Lipinski definition) is 3. The van der Waals surface area contributed by atoms with Crippen molar-refractivity contribution in [3.05, 3.63) is 54.0 Å². The predicted octanol–water partition coefficient (Wildman–Crippen LogP) is 2.31. The minimum atomic E-state index is -0.372. The molecule has 0 fully saturated rings. The maximum atomic E-state index is 11.9. The number of anilines is 1. The molecule has 0 unspecified atom stereocenters. The van der Waals surface area contributed by atoms with E-state index in [9.17, 15) is 14.4 Å². The summed E-state index contributed by atoms with van der Waals surface area (Å²) in [7, 11) is 0. The molecule has 0 saturated heterocycles. The van der Waals surface area contributed by atoms with Gasteiger partial charge >= 0.3 is 0 Å². The highest BCUT2D eigenvalue weighted by molar-refractivity contribution is 5.96. The standard InChI is InChI=1S/C19H23N3O4/c1-13(2)8-17(23)22-16-5-3-4-14(9-16)10-20-18(24)11-21-19(25)15-6-7-26-12-15/h3-7,9,12-13H,8,10-11H2,1-2H3,(H,20,24)(H,21,25)(H,22,23). The maximum absolute atomic E-state index is 11.9. The first-order chi connectivity index (χ1) is 12.4. The van der Waals surface area contributed by atoms with Crippen LogP contribution in [0.5, 0.6) is 0 Å². The van der Waals surface area contributed by atoms with Crippen LogP contribution in [0, 0.1) is 5.92 Å². The lowest BCUT2D eigenvalue weighted by Gasteiger charge is -2.10. The van der Waals surface area contributed by atoms with Gasteiger partial charge in [0.15, 0.2) is 0 Å². The van der Waals surface area contributed by atoms with Gasteiger partial charge in [0, 0.05) is 18.7 Å². The van der Waals surface area contributed by atoms with E-state index in [4.69, 9.17) is 4.42 Å². The van der Waals surface area contributed by atoms with Gasteiger partial charge in [-0.1, -0.05) is 26.0 Å². The molecule has 0 spiro atoms. The third-order valence-electron chi connectivity index (χ3n) is 3.49. The third-order valence-corrected chi connectivity index (χ3v) is 3.49. The van der Waals surface area contributed by atoms with E-state index >= 15 is 0 Å². The molecule has 0 aliphatic heterocycles. The van der Waals surface area contributed by atoms with Crippen molar-refractivity contribution < 1.29 is 18.8 Å². The molecule has 2 aromatic rings. The van der Waals surface area contributed by atoms with Crippen LogP contribution in [0.25, 0.3) is 0 Å². The van der Waals surface area contributed by atoms with Crippen molar-refractivity contribution in [3.8, 4) is 0 Å². The second-order valence-electron chi connectivity index (χ2n) is 6.32. The number of carbonyl (C=O) groups excluding carboxylic acids is 3. The van der Waals surface area contributed by atoms with Crippen LogP contribution >= 0.6 is 0 Å². The van der Waals surface area contributed by atoms with Crippen LogP contribution in [0.4, 0.5) is 5.69 Å². The molecule has 7 heteroatoms. The van der Waals surface area contributed by atoms with Crippen LogP contribution in [-0.2, 0) is 16.1 Å². The maximum Gasteiger partial charge on any atom is 0.254 e. The molecule has 0 radical (unpaired) electrons. The summed E-state index contributed by atoms with van der Waals surface area (Å²) in [5.41, 5.74) is 1.90. The summed E-state index contributed by atoms with van der Waals surface area (Å²) in [5.74, 6) is -0.433. The van der Waals surface area contributed by atoms with E-state index in [-0.39, 0.29) is 30.2 Å². The van der Waals surface area contributed by atoms with Gasteiger partial charge < -0.3 is 20.4 Å². The zero-order valence-corrected chi connectivity index (χ0v) is 14.9. The Balaban J connectivity index is 1.78. The van der Waals surface area contributed by atoms with Gasteiger partial charge in [-0.3, -0.25) is 14.4 Å². The van der Waals surface area contributed by atoms with Crippen molar-refractivity contribution in [2.45, 2.75) is 26.8 Å². The number of benzene rings is 1. The van der Waals surface area contributed by atoms with E-state index in [1.807, 2.05) is 32.0 Å². The van der Waals surface area contributed by atoms with Crippen molar-refractivity contribution in [1.29, 1.82) is 0 Å². The molecular weight excluding hydrogens is 334 g/mol. The molecule has 1 aromatic heterocycles. The van der Waals surface area contributed by atoms with Gasteiger partial charge in [0.05, 0.1) is 18.4 Å². The summed E-state index contributed by atoms with van der Waals surface area (Å²) in [6.07, 6.45) is 3.16. The minimum absolute atomic E-state index is 0.0388. The second-order valence-corrected chi connectivity index (χ2v) is 6.32. The normalized spacial score (nSPS) is 10.4. The quantitative estimate of drug-likeness (QED) is 0.675. The van der Waals surface area contributed by atoms with Gasteiger partial charge in [-0.15, -0.1) is 0 Å². The fraction of sp³-hybridized carbons (Fsp3) is 0.316. The Bertz CT molecular complexity index is 754. The Morgan fingerprint density at radius 1 is 1.08 bits per heavy atom. The van der Waals surface area contributed by atoms with E-state index in [1.54, 1.807) is 6.07 Å². The highest BCUT2D eigenvalue weighted by atomic mass is 16.3. The number of nitrogens with one attached hydrogen (secondary N) is 3. The Hall–Kier alpha value is -3.09. The summed E-state index contributed by atoms with van der Waals surface area (Å²) < 4.78 is 4.82. The first-order valence-corrected chi connectivity index (χ1v) is 8.40. The van der Waals surface area contributed by atoms with Gasteiger partial charge in [0.25, 0.3) is 5.91 Å². The molecule has 7 nitrogen and oxygen atoms in total. The van der Waals surface area contributed by atoms with Gasteiger partial charge in [-0.05, 0) is 29.7 Å². The van der Waals surface area contributed by atoms with Gasteiger partial charge in [0.2, 0.25) is 11.8 Å². The molecule has 0 aliphatic rings. The minimum Gasteiger partial charge on any atom is -0.472 e. The highest BCUT2D eigenvalue weighted by Gasteiger charge is 2.09. The Labute approximate surface area is 152 Å². The smallest absolute Gasteiger partial charge is 0.254 e. The molecule has 138 valence electrons. The van der Waals surface area contributed by atoms with E-state index in [0.29, 0.717) is 24.2 Å². The van der Waals surface area contributed by atoms with Crippen molar-refractivity contribution >= 4 is 23.4 Å². The first-order valence-electron chi connectivity index (χ1n) is 8.40. The lowest BCUT2D eigenvalue weighted by molar-refractivity contribution is -0.120. The van der Waals surface area contributed by atoms with Crippen molar-refractivity contribution in [2.24, 2.45) is 5.92 Å². The van der Waals surface area contributed by atoms with Crippen LogP contribution in [0.2, 0.25) is 0 Å². The summed E-state index contributed by atoms with van der Waals surface area (Å²) in [6.45, 7) is 4.14. The van der Waals surface area contributed by atoms with Crippen LogP contribution in [0.1, 0.15) is 36.2 Å². The zero-order chi connectivity index (χ0) is 18.9. The molecule has 0 saturated carbocycles. The lowest BCUT2D eigenvalue weighted by Crippen LogP contribution is -2.36. The molecule has 0 atom stereocenters. The Morgan fingerprint density at radius 2 is 1.88 bits per heavy atom. The molecule has 3 amide bonds. The number of amides is 3. The van der Waals surface area contributed by atoms with Crippen molar-refractivity contribution in [3.63, 3.8) is 0 Å². The Kier molecular flexibility index (Phi) is 6.96. The summed E-state index contributed by atoms with van der Waals surface area (Å²) in [5, 5.41) is 8.07. The summed E-state index contributed by atoms with van der Waals surface area (Å²) in [6, 6.07) is 8.79. The van der Waals surface area contributed by atoms with Crippen LogP contribution in [0.3, 0.4) is 0 Å². The molecule has 0 bridgehead atoms. The van der Waals surface area contributed by atoms with Crippen LogP contribution in [-0.4, -0.2) is 24.3 Å². The number of rotatable bonds is 8. The third kappa shape index (κ3) is 6.43. The zero-order valence-electron chi connectivity index (χ0n) is 14.9. The van der Waals surface area contributed by atoms with Gasteiger partial charge in [0.1, 0.15) is 6.26 Å². The molecule has 1 aromatic carbocycles. The monoisotopic (exact) mass is 357 g/mol. The second kappa shape index (κ2) is 9.41. The molecule has 0 aliphatic carbocycles. The number of carbonyl (C=O) groups is 3. The highest BCUT2D eigenvalue weighted by Crippen LogP contribution is 2.12. The van der Waals surface area contributed by atoms with Crippen LogP contribution in [0.15, 0.2) is 47.3 Å². The molecule has 3 N–H and O–H groups in total. The van der Waals surface area contributed by atoms with Gasteiger partial charge in [-0.2, -0.15) is 0 Å². The molecular formula is C19H23N3O4. The fourth-order valence-corrected chi connectivity index (χ4v) is 2.26.